The molecule has 1 amide bonds. The Balaban J connectivity index is 1.69. The van der Waals surface area contributed by atoms with Gasteiger partial charge in [-0.05, 0) is 24.3 Å². The number of amides is 1. The van der Waals surface area contributed by atoms with E-state index in [4.69, 9.17) is 16.6 Å². The van der Waals surface area contributed by atoms with Gasteiger partial charge in [-0.3, -0.25) is 4.79 Å². The van der Waals surface area contributed by atoms with Gasteiger partial charge in [-0.2, -0.15) is 0 Å². The zero-order valence-corrected chi connectivity index (χ0v) is 14.1. The van der Waals surface area contributed by atoms with Gasteiger partial charge in [0.05, 0.1) is 17.1 Å². The Morgan fingerprint density at radius 3 is 2.62 bits per heavy atom. The Kier molecular flexibility index (Phi) is 4.26. The minimum atomic E-state index is 0.0945. The molecule has 24 heavy (non-hydrogen) atoms. The van der Waals surface area contributed by atoms with Crippen LogP contribution in [-0.4, -0.2) is 56.7 Å². The summed E-state index contributed by atoms with van der Waals surface area (Å²) in [7, 11) is 0. The molecule has 2 fully saturated rings. The molecular weight excluding hydrogens is 326 g/mol. The highest BCUT2D eigenvalue weighted by molar-refractivity contribution is 6.33. The maximum atomic E-state index is 12.1. The molecule has 0 unspecified atom stereocenters. The molecule has 2 aliphatic heterocycles. The largest absolute Gasteiger partial charge is 0.353 e. The highest BCUT2D eigenvalue weighted by Gasteiger charge is 2.20. The molecule has 6 nitrogen and oxygen atoms in total. The third-order valence-electron chi connectivity index (χ3n) is 4.55. The zero-order chi connectivity index (χ0) is 16.5. The van der Waals surface area contributed by atoms with Gasteiger partial charge in [-0.15, -0.1) is 0 Å². The van der Waals surface area contributed by atoms with E-state index in [-0.39, 0.29) is 5.91 Å². The molecule has 126 valence electrons. The molecule has 0 atom stereocenters. The summed E-state index contributed by atoms with van der Waals surface area (Å²) in [5, 5.41) is 8.04. The van der Waals surface area contributed by atoms with Crippen molar-refractivity contribution in [1.29, 1.82) is 0 Å². The minimum Gasteiger partial charge on any atom is -0.353 e. The number of rotatable bonds is 2. The van der Waals surface area contributed by atoms with E-state index in [1.165, 1.54) is 0 Å². The predicted molar refractivity (Wildman–Crippen MR) is 97.1 cm³/mol. The van der Waals surface area contributed by atoms with E-state index in [0.717, 1.165) is 55.1 Å². The fraction of sp³-hybridized carbons (Fsp3) is 0.412. The molecule has 2 saturated heterocycles. The maximum Gasteiger partial charge on any atom is 0.240 e. The summed E-state index contributed by atoms with van der Waals surface area (Å²) in [5.41, 5.74) is 1.81. The third-order valence-corrected chi connectivity index (χ3v) is 4.83. The zero-order valence-electron chi connectivity index (χ0n) is 13.4. The summed E-state index contributed by atoms with van der Waals surface area (Å²) in [6.07, 6.45) is 0. The molecule has 0 bridgehead atoms. The molecule has 2 aromatic rings. The van der Waals surface area contributed by atoms with Gasteiger partial charge < -0.3 is 20.4 Å². The Bertz CT molecular complexity index is 775. The fourth-order valence-corrected chi connectivity index (χ4v) is 3.55. The van der Waals surface area contributed by atoms with Gasteiger partial charge >= 0.3 is 0 Å². The molecule has 0 aliphatic carbocycles. The van der Waals surface area contributed by atoms with E-state index in [9.17, 15) is 4.79 Å². The van der Waals surface area contributed by atoms with Crippen LogP contribution in [0.4, 0.5) is 11.5 Å². The van der Waals surface area contributed by atoms with Gasteiger partial charge in [0.15, 0.2) is 0 Å². The molecule has 0 spiro atoms. The van der Waals surface area contributed by atoms with Crippen molar-refractivity contribution in [2.24, 2.45) is 0 Å². The molecular formula is C17H20ClN5O. The Labute approximate surface area is 145 Å². The third kappa shape index (κ3) is 2.92. The lowest BCUT2D eigenvalue weighted by Crippen LogP contribution is -2.48. The molecule has 3 heterocycles. The SMILES string of the molecule is O=C1CNCCN1c1ccc2nc(N3CCNCC3)c(Cl)cc2c1. The van der Waals surface area contributed by atoms with Crippen LogP contribution in [0.25, 0.3) is 10.9 Å². The van der Waals surface area contributed by atoms with Gasteiger partial charge in [0.1, 0.15) is 5.82 Å². The standard InChI is InChI=1S/C17H20ClN5O/c18-14-10-12-9-13(23-8-5-20-11-16(23)24)1-2-15(12)21-17(14)22-6-3-19-4-7-22/h1-2,9-10,19-20H,3-8,11H2. The van der Waals surface area contributed by atoms with E-state index >= 15 is 0 Å². The summed E-state index contributed by atoms with van der Waals surface area (Å²) < 4.78 is 0. The van der Waals surface area contributed by atoms with Crippen LogP contribution in [0.5, 0.6) is 0 Å². The summed E-state index contributed by atoms with van der Waals surface area (Å²) in [6.45, 7) is 5.59. The molecule has 2 aliphatic rings. The first kappa shape index (κ1) is 15.6. The lowest BCUT2D eigenvalue weighted by Gasteiger charge is -2.29. The number of anilines is 2. The van der Waals surface area contributed by atoms with Crippen LogP contribution in [0, 0.1) is 0 Å². The van der Waals surface area contributed by atoms with E-state index < -0.39 is 0 Å². The lowest BCUT2D eigenvalue weighted by atomic mass is 10.1. The van der Waals surface area contributed by atoms with Crippen LogP contribution >= 0.6 is 11.6 Å². The summed E-state index contributed by atoms with van der Waals surface area (Å²) >= 11 is 6.49. The second-order valence-electron chi connectivity index (χ2n) is 6.13. The normalized spacial score (nSPS) is 19.1. The topological polar surface area (TPSA) is 60.5 Å². The molecule has 7 heteroatoms. The maximum absolute atomic E-state index is 12.1. The monoisotopic (exact) mass is 345 g/mol. The van der Waals surface area contributed by atoms with Crippen molar-refractivity contribution in [2.75, 3.05) is 55.6 Å². The Morgan fingerprint density at radius 1 is 1.04 bits per heavy atom. The molecule has 2 N–H and O–H groups in total. The van der Waals surface area contributed by atoms with Crippen LogP contribution in [0.2, 0.25) is 5.02 Å². The number of carbonyl (C=O) groups excluding carboxylic acids is 1. The first-order valence-electron chi connectivity index (χ1n) is 8.29. The second kappa shape index (κ2) is 6.55. The van der Waals surface area contributed by atoms with Crippen molar-refractivity contribution in [3.8, 4) is 0 Å². The number of hydrogen-bond donors (Lipinski definition) is 2. The van der Waals surface area contributed by atoms with Crippen molar-refractivity contribution >= 4 is 39.9 Å². The van der Waals surface area contributed by atoms with Crippen molar-refractivity contribution in [3.63, 3.8) is 0 Å². The van der Waals surface area contributed by atoms with E-state index in [1.807, 2.05) is 29.2 Å². The number of aromatic nitrogens is 1. The molecule has 1 aromatic heterocycles. The average Bonchev–Trinajstić information content (AvgIpc) is 2.62. The van der Waals surface area contributed by atoms with Gasteiger partial charge in [0, 0.05) is 50.3 Å². The minimum absolute atomic E-state index is 0.0945. The number of piperazine rings is 2. The average molecular weight is 346 g/mol. The van der Waals surface area contributed by atoms with E-state index in [1.54, 1.807) is 0 Å². The first-order valence-corrected chi connectivity index (χ1v) is 8.67. The van der Waals surface area contributed by atoms with Gasteiger partial charge in [0.25, 0.3) is 0 Å². The summed E-state index contributed by atoms with van der Waals surface area (Å²) in [5.74, 6) is 0.939. The van der Waals surface area contributed by atoms with Gasteiger partial charge in [-0.1, -0.05) is 11.6 Å². The van der Waals surface area contributed by atoms with Crippen molar-refractivity contribution in [2.45, 2.75) is 0 Å². The number of benzene rings is 1. The number of hydrogen-bond acceptors (Lipinski definition) is 5. The van der Waals surface area contributed by atoms with Crippen molar-refractivity contribution < 1.29 is 4.79 Å². The van der Waals surface area contributed by atoms with Gasteiger partial charge in [0.2, 0.25) is 5.91 Å². The van der Waals surface area contributed by atoms with Crippen LogP contribution in [0.1, 0.15) is 0 Å². The van der Waals surface area contributed by atoms with Crippen LogP contribution in [0.15, 0.2) is 24.3 Å². The van der Waals surface area contributed by atoms with Crippen LogP contribution < -0.4 is 20.4 Å². The molecule has 1 aromatic carbocycles. The number of nitrogens with one attached hydrogen (secondary N) is 2. The smallest absolute Gasteiger partial charge is 0.240 e. The number of pyridine rings is 1. The quantitative estimate of drug-likeness (QED) is 0.857. The van der Waals surface area contributed by atoms with Crippen molar-refractivity contribution in [3.05, 3.63) is 29.3 Å². The number of nitrogens with zero attached hydrogens (tertiary/aromatic N) is 3. The van der Waals surface area contributed by atoms with E-state index in [2.05, 4.69) is 15.5 Å². The van der Waals surface area contributed by atoms with Crippen LogP contribution in [-0.2, 0) is 4.79 Å². The second-order valence-corrected chi connectivity index (χ2v) is 6.54. The molecule has 0 radical (unpaired) electrons. The molecule has 4 rings (SSSR count). The van der Waals surface area contributed by atoms with Crippen LogP contribution in [0.3, 0.4) is 0 Å². The Morgan fingerprint density at radius 2 is 1.83 bits per heavy atom. The Hall–Kier alpha value is -1.89. The number of carbonyl (C=O) groups is 1. The fourth-order valence-electron chi connectivity index (χ4n) is 3.27. The first-order chi connectivity index (χ1) is 11.7. The lowest BCUT2D eigenvalue weighted by molar-refractivity contribution is -0.118. The number of halogens is 1. The van der Waals surface area contributed by atoms with Crippen molar-refractivity contribution in [1.82, 2.24) is 15.6 Å². The summed E-state index contributed by atoms with van der Waals surface area (Å²) in [4.78, 5) is 20.8. The number of fused-ring (bicyclic) bond motifs is 1. The van der Waals surface area contributed by atoms with Gasteiger partial charge in [-0.25, -0.2) is 4.98 Å². The summed E-state index contributed by atoms with van der Waals surface area (Å²) in [6, 6.07) is 7.90. The highest BCUT2D eigenvalue weighted by Crippen LogP contribution is 2.30. The highest BCUT2D eigenvalue weighted by atomic mass is 35.5. The predicted octanol–water partition coefficient (Wildman–Crippen LogP) is 1.23. The molecule has 0 saturated carbocycles. The van der Waals surface area contributed by atoms with E-state index in [0.29, 0.717) is 18.1 Å².